The van der Waals surface area contributed by atoms with Crippen LogP contribution in [0.2, 0.25) is 0 Å². The number of nitrogens with one attached hydrogen (secondary N) is 2. The molecule has 0 saturated carbocycles. The number of nitrogens with zero attached hydrogens (tertiary/aromatic N) is 3. The Morgan fingerprint density at radius 1 is 1.14 bits per heavy atom. The van der Waals surface area contributed by atoms with Gasteiger partial charge in [-0.05, 0) is 36.0 Å². The average molecular weight is 423 g/mol. The van der Waals surface area contributed by atoms with Gasteiger partial charge in [-0.15, -0.1) is 0 Å². The van der Waals surface area contributed by atoms with Crippen molar-refractivity contribution < 1.29 is 13.5 Å². The second kappa shape index (κ2) is 9.84. The Morgan fingerprint density at radius 2 is 1.83 bits per heavy atom. The summed E-state index contributed by atoms with van der Waals surface area (Å²) in [6, 6.07) is 7.32. The molecule has 0 aliphatic rings. The summed E-state index contributed by atoms with van der Waals surface area (Å²) in [5, 5.41) is 12.7. The van der Waals surface area contributed by atoms with Gasteiger partial charge < -0.3 is 16.2 Å². The van der Waals surface area contributed by atoms with Gasteiger partial charge in [-0.1, -0.05) is 32.9 Å². The highest BCUT2D eigenvalue weighted by molar-refractivity contribution is 7.91. The highest BCUT2D eigenvalue weighted by atomic mass is 32.2. The number of nitrogens with two attached hydrogens (primary N) is 1. The van der Waals surface area contributed by atoms with Crippen LogP contribution in [0.3, 0.4) is 0 Å². The van der Waals surface area contributed by atoms with Crippen molar-refractivity contribution in [2.24, 2.45) is 5.92 Å². The molecule has 2 rings (SSSR count). The van der Waals surface area contributed by atoms with E-state index in [0.717, 1.165) is 11.8 Å². The zero-order valence-corrected chi connectivity index (χ0v) is 18.1. The predicted molar refractivity (Wildman–Crippen MR) is 115 cm³/mol. The summed E-state index contributed by atoms with van der Waals surface area (Å²) in [4.78, 5) is 12.8. The molecular weight excluding hydrogens is 392 g/mol. The SMILES string of the molecule is CC(C)C[C@H](CO)Nc1nc(CC(C)c2cccc(N)c2)nc(NS(C)(=O)=O)n1. The van der Waals surface area contributed by atoms with E-state index in [1.807, 2.05) is 45.0 Å². The predicted octanol–water partition coefficient (Wildman–Crippen LogP) is 1.99. The monoisotopic (exact) mass is 422 g/mol. The van der Waals surface area contributed by atoms with Crippen molar-refractivity contribution >= 4 is 27.6 Å². The van der Waals surface area contributed by atoms with E-state index in [1.54, 1.807) is 0 Å². The van der Waals surface area contributed by atoms with Gasteiger partial charge in [0.2, 0.25) is 21.9 Å². The fourth-order valence-electron chi connectivity index (χ4n) is 2.98. The van der Waals surface area contributed by atoms with Crippen molar-refractivity contribution in [1.82, 2.24) is 15.0 Å². The molecule has 0 spiro atoms. The number of aromatic nitrogens is 3. The number of sulfonamides is 1. The van der Waals surface area contributed by atoms with Crippen LogP contribution in [-0.2, 0) is 16.4 Å². The second-order valence-electron chi connectivity index (χ2n) is 7.70. The van der Waals surface area contributed by atoms with E-state index < -0.39 is 10.0 Å². The highest BCUT2D eigenvalue weighted by Crippen LogP contribution is 2.22. The van der Waals surface area contributed by atoms with E-state index >= 15 is 0 Å². The largest absolute Gasteiger partial charge is 0.399 e. The van der Waals surface area contributed by atoms with E-state index in [1.165, 1.54) is 0 Å². The number of benzene rings is 1. The molecule has 5 N–H and O–H groups in total. The van der Waals surface area contributed by atoms with Crippen molar-refractivity contribution in [3.8, 4) is 0 Å². The van der Waals surface area contributed by atoms with E-state index in [4.69, 9.17) is 5.73 Å². The fourth-order valence-corrected chi connectivity index (χ4v) is 3.40. The molecule has 0 radical (unpaired) electrons. The maximum atomic E-state index is 11.6. The molecule has 0 amide bonds. The highest BCUT2D eigenvalue weighted by Gasteiger charge is 2.17. The van der Waals surface area contributed by atoms with Crippen LogP contribution in [0.5, 0.6) is 0 Å². The molecule has 1 heterocycles. The molecule has 2 aromatic rings. The molecule has 1 unspecified atom stereocenters. The molecular formula is C19H30N6O3S. The van der Waals surface area contributed by atoms with Crippen molar-refractivity contribution in [1.29, 1.82) is 0 Å². The molecule has 9 nitrogen and oxygen atoms in total. The van der Waals surface area contributed by atoms with Crippen LogP contribution >= 0.6 is 0 Å². The van der Waals surface area contributed by atoms with Crippen LogP contribution in [0, 0.1) is 5.92 Å². The Hall–Kier alpha value is -2.46. The van der Waals surface area contributed by atoms with Crippen molar-refractivity contribution in [2.75, 3.05) is 28.6 Å². The molecule has 0 aliphatic heterocycles. The fraction of sp³-hybridized carbons (Fsp3) is 0.526. The minimum absolute atomic E-state index is 0.0546. The van der Waals surface area contributed by atoms with Gasteiger partial charge in [-0.25, -0.2) is 8.42 Å². The lowest BCUT2D eigenvalue weighted by Gasteiger charge is -2.19. The van der Waals surface area contributed by atoms with Crippen LogP contribution in [0.15, 0.2) is 24.3 Å². The third kappa shape index (κ3) is 7.82. The van der Waals surface area contributed by atoms with Gasteiger partial charge in [-0.2, -0.15) is 15.0 Å². The van der Waals surface area contributed by atoms with Crippen molar-refractivity contribution in [3.63, 3.8) is 0 Å². The Morgan fingerprint density at radius 3 is 2.41 bits per heavy atom. The van der Waals surface area contributed by atoms with Crippen LogP contribution in [0.25, 0.3) is 0 Å². The average Bonchev–Trinajstić information content (AvgIpc) is 2.59. The van der Waals surface area contributed by atoms with Gasteiger partial charge in [0.1, 0.15) is 5.82 Å². The summed E-state index contributed by atoms with van der Waals surface area (Å²) in [7, 11) is -3.55. The van der Waals surface area contributed by atoms with Crippen LogP contribution in [0.4, 0.5) is 17.6 Å². The van der Waals surface area contributed by atoms with Crippen molar-refractivity contribution in [3.05, 3.63) is 35.7 Å². The van der Waals surface area contributed by atoms with Crippen LogP contribution < -0.4 is 15.8 Å². The lowest BCUT2D eigenvalue weighted by Crippen LogP contribution is -2.27. The lowest BCUT2D eigenvalue weighted by molar-refractivity contribution is 0.259. The number of anilines is 3. The first-order valence-electron chi connectivity index (χ1n) is 9.51. The molecule has 0 aliphatic carbocycles. The molecule has 160 valence electrons. The zero-order valence-electron chi connectivity index (χ0n) is 17.3. The first-order chi connectivity index (χ1) is 13.6. The number of nitrogen functional groups attached to an aromatic ring is 1. The van der Waals surface area contributed by atoms with E-state index in [0.29, 0.717) is 30.3 Å². The Kier molecular flexibility index (Phi) is 7.74. The third-order valence-electron chi connectivity index (χ3n) is 4.24. The summed E-state index contributed by atoms with van der Waals surface area (Å²) < 4.78 is 25.6. The van der Waals surface area contributed by atoms with E-state index in [-0.39, 0.29) is 30.5 Å². The number of aliphatic hydroxyl groups is 1. The number of rotatable bonds is 10. The minimum atomic E-state index is -3.55. The van der Waals surface area contributed by atoms with Gasteiger partial charge >= 0.3 is 0 Å². The molecule has 29 heavy (non-hydrogen) atoms. The first-order valence-corrected chi connectivity index (χ1v) is 11.4. The molecule has 0 fully saturated rings. The molecule has 0 bridgehead atoms. The lowest BCUT2D eigenvalue weighted by atomic mass is 9.97. The summed E-state index contributed by atoms with van der Waals surface area (Å²) >= 11 is 0. The summed E-state index contributed by atoms with van der Waals surface area (Å²) in [5.41, 5.74) is 7.57. The Labute approximate surface area is 172 Å². The molecule has 1 aromatic carbocycles. The summed E-state index contributed by atoms with van der Waals surface area (Å²) in [6.07, 6.45) is 2.22. The van der Waals surface area contributed by atoms with E-state index in [9.17, 15) is 13.5 Å². The third-order valence-corrected chi connectivity index (χ3v) is 4.79. The maximum Gasteiger partial charge on any atom is 0.241 e. The van der Waals surface area contributed by atoms with Crippen LogP contribution in [-0.4, -0.2) is 47.4 Å². The molecule has 10 heteroatoms. The molecule has 0 saturated heterocycles. The minimum Gasteiger partial charge on any atom is -0.399 e. The zero-order chi connectivity index (χ0) is 21.6. The Bertz CT molecular complexity index is 920. The molecule has 2 atom stereocenters. The second-order valence-corrected chi connectivity index (χ2v) is 9.45. The van der Waals surface area contributed by atoms with Gasteiger partial charge in [0.25, 0.3) is 0 Å². The summed E-state index contributed by atoms with van der Waals surface area (Å²) in [6.45, 7) is 6.03. The normalized spacial score (nSPS) is 13.9. The number of hydrogen-bond donors (Lipinski definition) is 4. The maximum absolute atomic E-state index is 11.6. The van der Waals surface area contributed by atoms with Crippen LogP contribution in [0.1, 0.15) is 44.5 Å². The van der Waals surface area contributed by atoms with Crippen molar-refractivity contribution in [2.45, 2.75) is 45.6 Å². The van der Waals surface area contributed by atoms with Gasteiger partial charge in [0, 0.05) is 12.1 Å². The van der Waals surface area contributed by atoms with E-state index in [2.05, 4.69) is 25.0 Å². The Balaban J connectivity index is 2.30. The topological polar surface area (TPSA) is 143 Å². The van der Waals surface area contributed by atoms with Gasteiger partial charge in [-0.3, -0.25) is 4.72 Å². The standard InChI is InChI=1S/C19H30N6O3S/c1-12(2)8-16(11-26)21-18-22-17(23-19(24-18)25-29(4,27)28)9-13(3)14-6-5-7-15(20)10-14/h5-7,10,12-13,16,26H,8-9,11,20H2,1-4H3,(H2,21,22,23,24,25)/t13?,16-/m1/s1. The molecule has 1 aromatic heterocycles. The summed E-state index contributed by atoms with van der Waals surface area (Å²) in [5.74, 6) is 1.02. The number of hydrogen-bond acceptors (Lipinski definition) is 8. The van der Waals surface area contributed by atoms with Gasteiger partial charge in [0.15, 0.2) is 0 Å². The van der Waals surface area contributed by atoms with Gasteiger partial charge in [0.05, 0.1) is 18.9 Å². The smallest absolute Gasteiger partial charge is 0.241 e. The first kappa shape index (κ1) is 22.8. The number of aliphatic hydroxyl groups excluding tert-OH is 1. The quantitative estimate of drug-likeness (QED) is 0.426.